The van der Waals surface area contributed by atoms with E-state index in [1.54, 1.807) is 23.2 Å². The molecule has 0 spiro atoms. The molecule has 4 aromatic rings. The van der Waals surface area contributed by atoms with Gasteiger partial charge in [-0.2, -0.15) is 0 Å². The molecule has 2 atom stereocenters. The number of phenols is 2. The van der Waals surface area contributed by atoms with Crippen LogP contribution in [0.3, 0.4) is 0 Å². The number of benzene rings is 3. The number of fused-ring (bicyclic) bond motifs is 1. The van der Waals surface area contributed by atoms with E-state index in [0.717, 1.165) is 49.8 Å². The first-order valence-electron chi connectivity index (χ1n) is 19.6. The molecule has 1 heterocycles. The Morgan fingerprint density at radius 1 is 0.887 bits per heavy atom. The van der Waals surface area contributed by atoms with Crippen LogP contribution in [0.4, 0.5) is 22.7 Å². The van der Waals surface area contributed by atoms with E-state index in [1.807, 2.05) is 32.1 Å². The Balaban J connectivity index is 0.00000372. The van der Waals surface area contributed by atoms with Gasteiger partial charge in [0.25, 0.3) is 5.91 Å². The van der Waals surface area contributed by atoms with Gasteiger partial charge in [0.1, 0.15) is 17.2 Å². The molecule has 4 N–H and O–H groups in total. The van der Waals surface area contributed by atoms with Crippen molar-refractivity contribution in [1.29, 1.82) is 0 Å². The van der Waals surface area contributed by atoms with E-state index >= 15 is 0 Å². The van der Waals surface area contributed by atoms with Crippen LogP contribution < -0.4 is 15.5 Å². The highest BCUT2D eigenvalue weighted by atomic mass is 16.3. The summed E-state index contributed by atoms with van der Waals surface area (Å²) in [5, 5.41) is 29.0. The third kappa shape index (κ3) is 11.6. The number of hydrogen-bond acceptors (Lipinski definition) is 6. The standard InChI is InChI=1S/C43H59N5O3.C2H6/c1-9-22-46(25-20-30(5)10-2)23-13-24-48-33(8)32(7)38-27-36(18-19-39(38)48)44-35-16-14-34(15-17-35)43(51)45-37-28-40(49)42(41(50)29-37)47(12-4)26-21-31(6)11-3;1-2/h12,14-19,21,26-31,44,49-50H,4,9-11,13,20,22-25H2,1-3,5-8H3,(H,45,51);1-2H3/b26-21-;. The van der Waals surface area contributed by atoms with Crippen molar-refractivity contribution in [2.75, 3.05) is 35.2 Å². The molecule has 288 valence electrons. The van der Waals surface area contributed by atoms with Gasteiger partial charge in [-0.05, 0) is 113 Å². The SMILES string of the molecule is C=CN(/C=C\C(C)CC)c1c(O)cc(NC(=O)c2ccc(Nc3ccc4c(c3)c(C)c(C)n4CCCN(CCC)CCC(C)CC)cc2)cc1O.CC. The number of rotatable bonds is 19. The normalized spacial score (nSPS) is 12.4. The number of anilines is 4. The number of aromatic nitrogens is 1. The molecule has 53 heavy (non-hydrogen) atoms. The lowest BCUT2D eigenvalue weighted by molar-refractivity contribution is 0.102. The van der Waals surface area contributed by atoms with Gasteiger partial charge < -0.3 is 35.2 Å². The molecule has 1 aromatic heterocycles. The van der Waals surface area contributed by atoms with E-state index in [9.17, 15) is 15.0 Å². The highest BCUT2D eigenvalue weighted by molar-refractivity contribution is 6.05. The number of phenolic OH excluding ortho intramolecular Hbond substituents is 2. The summed E-state index contributed by atoms with van der Waals surface area (Å²) in [7, 11) is 0. The predicted molar refractivity (Wildman–Crippen MR) is 227 cm³/mol. The second-order valence-corrected chi connectivity index (χ2v) is 13.9. The summed E-state index contributed by atoms with van der Waals surface area (Å²) in [6.45, 7) is 27.8. The first kappa shape index (κ1) is 42.7. The summed E-state index contributed by atoms with van der Waals surface area (Å²) in [4.78, 5) is 17.3. The molecular formula is C45H65N5O3. The summed E-state index contributed by atoms with van der Waals surface area (Å²) in [5.74, 6) is 0.395. The van der Waals surface area contributed by atoms with Crippen LogP contribution >= 0.6 is 0 Å². The second-order valence-electron chi connectivity index (χ2n) is 13.9. The number of allylic oxidation sites excluding steroid dienone is 1. The quantitative estimate of drug-likeness (QED) is 0.0770. The number of amides is 1. The number of nitrogens with one attached hydrogen (secondary N) is 2. The predicted octanol–water partition coefficient (Wildman–Crippen LogP) is 11.7. The van der Waals surface area contributed by atoms with Gasteiger partial charge in [-0.1, -0.05) is 74.0 Å². The summed E-state index contributed by atoms with van der Waals surface area (Å²) < 4.78 is 2.47. The van der Waals surface area contributed by atoms with Gasteiger partial charge in [0, 0.05) is 70.3 Å². The Morgan fingerprint density at radius 3 is 2.15 bits per heavy atom. The summed E-state index contributed by atoms with van der Waals surface area (Å²) in [6.07, 6.45) is 11.0. The average Bonchev–Trinajstić information content (AvgIpc) is 3.39. The van der Waals surface area contributed by atoms with E-state index in [0.29, 0.717) is 11.5 Å². The Morgan fingerprint density at radius 2 is 1.55 bits per heavy atom. The molecular weight excluding hydrogens is 659 g/mol. The fourth-order valence-electron chi connectivity index (χ4n) is 6.35. The van der Waals surface area contributed by atoms with Gasteiger partial charge in [0.15, 0.2) is 0 Å². The zero-order valence-corrected chi connectivity index (χ0v) is 33.8. The molecule has 0 saturated heterocycles. The molecule has 4 rings (SSSR count). The number of carbonyl (C=O) groups excluding carboxylic acids is 1. The van der Waals surface area contributed by atoms with Crippen LogP contribution in [0.1, 0.15) is 102 Å². The van der Waals surface area contributed by atoms with Crippen LogP contribution in [0.25, 0.3) is 10.9 Å². The Hall–Kier alpha value is -4.69. The van der Waals surface area contributed by atoms with Gasteiger partial charge in [-0.15, -0.1) is 0 Å². The third-order valence-corrected chi connectivity index (χ3v) is 10.1. The van der Waals surface area contributed by atoms with Crippen molar-refractivity contribution in [1.82, 2.24) is 9.47 Å². The molecule has 1 amide bonds. The van der Waals surface area contributed by atoms with Gasteiger partial charge in [0.2, 0.25) is 0 Å². The fourth-order valence-corrected chi connectivity index (χ4v) is 6.35. The van der Waals surface area contributed by atoms with E-state index in [1.165, 1.54) is 66.3 Å². The van der Waals surface area contributed by atoms with Crippen LogP contribution in [0.2, 0.25) is 0 Å². The molecule has 0 aliphatic carbocycles. The third-order valence-electron chi connectivity index (χ3n) is 10.1. The van der Waals surface area contributed by atoms with Crippen molar-refractivity contribution in [3.05, 3.63) is 96.5 Å². The molecule has 0 aliphatic heterocycles. The van der Waals surface area contributed by atoms with Crippen LogP contribution in [0, 0.1) is 25.7 Å². The minimum atomic E-state index is -0.354. The number of aromatic hydroxyl groups is 2. The van der Waals surface area contributed by atoms with Crippen molar-refractivity contribution < 1.29 is 15.0 Å². The smallest absolute Gasteiger partial charge is 0.255 e. The zero-order chi connectivity index (χ0) is 39.1. The molecule has 2 unspecified atom stereocenters. The summed E-state index contributed by atoms with van der Waals surface area (Å²) >= 11 is 0. The van der Waals surface area contributed by atoms with Crippen LogP contribution in [-0.4, -0.2) is 45.2 Å². The summed E-state index contributed by atoms with van der Waals surface area (Å²) in [6, 6.07) is 16.6. The highest BCUT2D eigenvalue weighted by Gasteiger charge is 2.17. The second kappa shape index (κ2) is 21.1. The largest absolute Gasteiger partial charge is 0.506 e. The molecule has 3 aromatic carbocycles. The average molecular weight is 724 g/mol. The first-order chi connectivity index (χ1) is 25.5. The fraction of sp³-hybridized carbons (Fsp3) is 0.444. The van der Waals surface area contributed by atoms with Crippen molar-refractivity contribution >= 4 is 39.6 Å². The lowest BCUT2D eigenvalue weighted by Crippen LogP contribution is -2.28. The van der Waals surface area contributed by atoms with Crippen LogP contribution in [0.5, 0.6) is 11.5 Å². The molecule has 0 saturated carbocycles. The maximum Gasteiger partial charge on any atom is 0.255 e. The van der Waals surface area contributed by atoms with Crippen molar-refractivity contribution in [3.63, 3.8) is 0 Å². The maximum atomic E-state index is 13.1. The first-order valence-corrected chi connectivity index (χ1v) is 19.6. The lowest BCUT2D eigenvalue weighted by atomic mass is 10.1. The van der Waals surface area contributed by atoms with E-state index in [4.69, 9.17) is 0 Å². The Labute approximate surface area is 319 Å². The van der Waals surface area contributed by atoms with Crippen LogP contribution in [-0.2, 0) is 6.54 Å². The lowest BCUT2D eigenvalue weighted by Gasteiger charge is -2.23. The maximum absolute atomic E-state index is 13.1. The molecule has 0 radical (unpaired) electrons. The molecule has 0 fully saturated rings. The van der Waals surface area contributed by atoms with Gasteiger partial charge in [0.05, 0.1) is 0 Å². The molecule has 8 heteroatoms. The van der Waals surface area contributed by atoms with Gasteiger partial charge >= 0.3 is 0 Å². The van der Waals surface area contributed by atoms with Crippen LogP contribution in [0.15, 0.2) is 79.7 Å². The number of nitrogens with zero attached hydrogens (tertiary/aromatic N) is 3. The van der Waals surface area contributed by atoms with Crippen molar-refractivity contribution in [3.8, 4) is 11.5 Å². The monoisotopic (exact) mass is 724 g/mol. The Bertz CT molecular complexity index is 1770. The van der Waals surface area contributed by atoms with Crippen molar-refractivity contribution in [2.24, 2.45) is 11.8 Å². The van der Waals surface area contributed by atoms with Gasteiger partial charge in [-0.25, -0.2) is 0 Å². The van der Waals surface area contributed by atoms with E-state index in [-0.39, 0.29) is 28.8 Å². The Kier molecular flexibility index (Phi) is 17.0. The van der Waals surface area contributed by atoms with Gasteiger partial charge in [-0.3, -0.25) is 4.79 Å². The topological polar surface area (TPSA) is 93.0 Å². The highest BCUT2D eigenvalue weighted by Crippen LogP contribution is 2.40. The zero-order valence-electron chi connectivity index (χ0n) is 33.8. The summed E-state index contributed by atoms with van der Waals surface area (Å²) in [5.41, 5.74) is 6.64. The number of hydrogen-bond donors (Lipinski definition) is 4. The molecule has 8 nitrogen and oxygen atoms in total. The minimum Gasteiger partial charge on any atom is -0.506 e. The number of aryl methyl sites for hydroxylation is 2. The minimum absolute atomic E-state index is 0.178. The molecule has 0 bridgehead atoms. The van der Waals surface area contributed by atoms with Crippen molar-refractivity contribution in [2.45, 2.75) is 101 Å². The number of carbonyl (C=O) groups is 1. The van der Waals surface area contributed by atoms with E-state index < -0.39 is 0 Å². The van der Waals surface area contributed by atoms with E-state index in [2.05, 4.69) is 93.3 Å². The molecule has 0 aliphatic rings.